The molecular formula is C18H24N4O3S2. The number of hydrogen-bond acceptors (Lipinski definition) is 5. The predicted octanol–water partition coefficient (Wildman–Crippen LogP) is 2.60. The van der Waals surface area contributed by atoms with Crippen LogP contribution in [0.15, 0.2) is 35.1 Å². The van der Waals surface area contributed by atoms with Gasteiger partial charge in [0.2, 0.25) is 10.0 Å². The number of thiophene rings is 1. The minimum Gasteiger partial charge on any atom is -0.338 e. The number of sulfonamides is 1. The number of hydrogen-bond donors (Lipinski definition) is 0. The summed E-state index contributed by atoms with van der Waals surface area (Å²) >= 11 is 1.23. The average molecular weight is 409 g/mol. The Hall–Kier alpha value is -1.71. The third kappa shape index (κ3) is 3.68. The first-order valence-electron chi connectivity index (χ1n) is 9.42. The van der Waals surface area contributed by atoms with Crippen LogP contribution in [0.3, 0.4) is 0 Å². The van der Waals surface area contributed by atoms with E-state index >= 15 is 0 Å². The first-order valence-corrected chi connectivity index (χ1v) is 11.7. The molecule has 0 aromatic carbocycles. The van der Waals surface area contributed by atoms with Crippen molar-refractivity contribution in [3.63, 3.8) is 0 Å². The fourth-order valence-electron chi connectivity index (χ4n) is 3.90. The van der Waals surface area contributed by atoms with Gasteiger partial charge in [0.25, 0.3) is 5.91 Å². The van der Waals surface area contributed by atoms with E-state index < -0.39 is 10.0 Å². The largest absolute Gasteiger partial charge is 0.338 e. The average Bonchev–Trinajstić information content (AvgIpc) is 3.40. The second kappa shape index (κ2) is 7.73. The number of piperidine rings is 2. The number of rotatable bonds is 4. The summed E-state index contributed by atoms with van der Waals surface area (Å²) < 4.78 is 29.6. The van der Waals surface area contributed by atoms with Crippen molar-refractivity contribution in [1.82, 2.24) is 18.8 Å². The van der Waals surface area contributed by atoms with Crippen LogP contribution in [-0.2, 0) is 10.0 Å². The number of carbonyl (C=O) groups excluding carboxylic acids is 1. The zero-order valence-electron chi connectivity index (χ0n) is 15.2. The van der Waals surface area contributed by atoms with Crippen molar-refractivity contribution in [2.75, 3.05) is 26.2 Å². The summed E-state index contributed by atoms with van der Waals surface area (Å²) in [5.41, 5.74) is 0. The maximum atomic E-state index is 13.0. The summed E-state index contributed by atoms with van der Waals surface area (Å²) in [4.78, 5) is 19.4. The van der Waals surface area contributed by atoms with Gasteiger partial charge in [-0.1, -0.05) is 6.42 Å². The molecule has 27 heavy (non-hydrogen) atoms. The molecule has 0 aliphatic carbocycles. The van der Waals surface area contributed by atoms with E-state index in [4.69, 9.17) is 0 Å². The number of aromatic nitrogens is 2. The van der Waals surface area contributed by atoms with Crippen LogP contribution in [0.1, 0.15) is 47.8 Å². The summed E-state index contributed by atoms with van der Waals surface area (Å²) in [7, 11) is -3.60. The molecule has 9 heteroatoms. The zero-order valence-corrected chi connectivity index (χ0v) is 16.8. The van der Waals surface area contributed by atoms with Crippen LogP contribution in [0.25, 0.3) is 0 Å². The van der Waals surface area contributed by atoms with Gasteiger partial charge in [-0.2, -0.15) is 4.31 Å². The first-order chi connectivity index (χ1) is 13.1. The van der Waals surface area contributed by atoms with Crippen molar-refractivity contribution in [1.29, 1.82) is 0 Å². The number of carbonyl (C=O) groups is 1. The molecule has 0 saturated carbocycles. The van der Waals surface area contributed by atoms with E-state index in [-0.39, 0.29) is 10.8 Å². The second-order valence-corrected chi connectivity index (χ2v) is 9.93. The van der Waals surface area contributed by atoms with Crippen molar-refractivity contribution < 1.29 is 13.2 Å². The van der Waals surface area contributed by atoms with Gasteiger partial charge in [-0.3, -0.25) is 4.79 Å². The lowest BCUT2D eigenvalue weighted by molar-refractivity contribution is 0.0695. The van der Waals surface area contributed by atoms with Crippen LogP contribution in [0, 0.1) is 0 Å². The van der Waals surface area contributed by atoms with Gasteiger partial charge >= 0.3 is 0 Å². The highest BCUT2D eigenvalue weighted by Gasteiger charge is 2.33. The number of likely N-dealkylation sites (tertiary alicyclic amines) is 1. The molecule has 4 heterocycles. The molecule has 2 aromatic rings. The fraction of sp³-hybridized carbons (Fsp3) is 0.556. The van der Waals surface area contributed by atoms with Gasteiger partial charge in [0.1, 0.15) is 9.77 Å². The Morgan fingerprint density at radius 2 is 1.85 bits per heavy atom. The molecule has 2 fully saturated rings. The van der Waals surface area contributed by atoms with E-state index in [1.54, 1.807) is 22.5 Å². The lowest BCUT2D eigenvalue weighted by Gasteiger charge is -2.32. The summed E-state index contributed by atoms with van der Waals surface area (Å²) in [6.07, 6.45) is 10.1. The van der Waals surface area contributed by atoms with Gasteiger partial charge in [0, 0.05) is 44.6 Å². The van der Waals surface area contributed by atoms with Crippen molar-refractivity contribution >= 4 is 27.3 Å². The maximum Gasteiger partial charge on any atom is 0.265 e. The molecule has 2 aromatic heterocycles. The van der Waals surface area contributed by atoms with Crippen LogP contribution in [-0.4, -0.2) is 59.3 Å². The Morgan fingerprint density at radius 3 is 2.52 bits per heavy atom. The molecule has 2 aliphatic heterocycles. The number of imidazole rings is 1. The van der Waals surface area contributed by atoms with E-state index in [0.29, 0.717) is 37.1 Å². The molecule has 0 spiro atoms. The van der Waals surface area contributed by atoms with Crippen LogP contribution >= 0.6 is 11.3 Å². The van der Waals surface area contributed by atoms with Crippen molar-refractivity contribution in [2.45, 2.75) is 43.0 Å². The third-order valence-electron chi connectivity index (χ3n) is 5.45. The zero-order chi connectivity index (χ0) is 18.9. The fourth-order valence-corrected chi connectivity index (χ4v) is 6.78. The van der Waals surface area contributed by atoms with Crippen molar-refractivity contribution in [2.24, 2.45) is 0 Å². The van der Waals surface area contributed by atoms with Crippen molar-refractivity contribution in [3.05, 3.63) is 35.0 Å². The summed E-state index contributed by atoms with van der Waals surface area (Å²) in [6.45, 7) is 2.34. The second-order valence-electron chi connectivity index (χ2n) is 7.11. The topological polar surface area (TPSA) is 75.5 Å². The molecule has 0 atom stereocenters. The lowest BCUT2D eigenvalue weighted by Crippen LogP contribution is -2.40. The Morgan fingerprint density at radius 1 is 1.11 bits per heavy atom. The molecular weight excluding hydrogens is 384 g/mol. The Labute approximate surface area is 163 Å². The smallest absolute Gasteiger partial charge is 0.265 e. The van der Waals surface area contributed by atoms with E-state index in [2.05, 4.69) is 9.55 Å². The minimum absolute atomic E-state index is 0.162. The molecule has 0 N–H and O–H groups in total. The molecule has 0 unspecified atom stereocenters. The molecule has 2 aliphatic rings. The van der Waals surface area contributed by atoms with Crippen LogP contribution in [0.4, 0.5) is 0 Å². The highest BCUT2D eigenvalue weighted by Crippen LogP contribution is 2.30. The predicted molar refractivity (Wildman–Crippen MR) is 103 cm³/mol. The third-order valence-corrected chi connectivity index (χ3v) is 8.43. The Balaban J connectivity index is 1.48. The first kappa shape index (κ1) is 18.6. The number of nitrogens with zero attached hydrogens (tertiary/aromatic N) is 4. The standard InChI is InChI=1S/C18H24N4O3S2/c23-18(20-10-4-15(5-11-20)21-12-7-19-14-21)17-16(6-13-26-17)27(24,25)22-8-2-1-3-9-22/h6-7,12-15H,1-5,8-11H2. The monoisotopic (exact) mass is 408 g/mol. The van der Waals surface area contributed by atoms with Gasteiger partial charge in [-0.25, -0.2) is 13.4 Å². The van der Waals surface area contributed by atoms with Crippen LogP contribution < -0.4 is 0 Å². The Bertz CT molecular complexity index is 878. The van der Waals surface area contributed by atoms with Gasteiger partial charge in [0.05, 0.1) is 6.33 Å². The molecule has 0 bridgehead atoms. The van der Waals surface area contributed by atoms with E-state index in [0.717, 1.165) is 32.1 Å². The molecule has 146 valence electrons. The lowest BCUT2D eigenvalue weighted by atomic mass is 10.0. The number of amides is 1. The van der Waals surface area contributed by atoms with E-state index in [9.17, 15) is 13.2 Å². The SMILES string of the molecule is O=C(c1sccc1S(=O)(=O)N1CCCCC1)N1CCC(n2ccnc2)CC1. The molecule has 1 amide bonds. The van der Waals surface area contributed by atoms with Crippen LogP contribution in [0.2, 0.25) is 0 Å². The van der Waals surface area contributed by atoms with Gasteiger partial charge in [0.15, 0.2) is 0 Å². The Kier molecular flexibility index (Phi) is 5.34. The molecule has 4 rings (SSSR count). The van der Waals surface area contributed by atoms with Gasteiger partial charge in [-0.15, -0.1) is 11.3 Å². The summed E-state index contributed by atoms with van der Waals surface area (Å²) in [6, 6.07) is 1.93. The van der Waals surface area contributed by atoms with E-state index in [1.807, 2.05) is 12.5 Å². The van der Waals surface area contributed by atoms with Crippen LogP contribution in [0.5, 0.6) is 0 Å². The summed E-state index contributed by atoms with van der Waals surface area (Å²) in [5, 5.41) is 1.71. The van der Waals surface area contributed by atoms with E-state index in [1.165, 1.54) is 15.6 Å². The molecule has 0 radical (unpaired) electrons. The van der Waals surface area contributed by atoms with Gasteiger partial charge in [-0.05, 0) is 37.1 Å². The molecule has 2 saturated heterocycles. The van der Waals surface area contributed by atoms with Crippen molar-refractivity contribution in [3.8, 4) is 0 Å². The highest BCUT2D eigenvalue weighted by atomic mass is 32.2. The van der Waals surface area contributed by atoms with Gasteiger partial charge < -0.3 is 9.47 Å². The quantitative estimate of drug-likeness (QED) is 0.779. The minimum atomic E-state index is -3.60. The normalized spacial score (nSPS) is 20.1. The molecule has 7 nitrogen and oxygen atoms in total. The highest BCUT2D eigenvalue weighted by molar-refractivity contribution is 7.89. The maximum absolute atomic E-state index is 13.0. The summed E-state index contributed by atoms with van der Waals surface area (Å²) in [5.74, 6) is -0.162.